The first kappa shape index (κ1) is 23.5. The van der Waals surface area contributed by atoms with Gasteiger partial charge in [-0.2, -0.15) is 13.2 Å². The van der Waals surface area contributed by atoms with E-state index in [1.807, 2.05) is 5.32 Å². The van der Waals surface area contributed by atoms with Gasteiger partial charge in [0.05, 0.1) is 31.7 Å². The summed E-state index contributed by atoms with van der Waals surface area (Å²) in [6, 6.07) is 3.68. The molecule has 0 spiro atoms. The Labute approximate surface area is 175 Å². The van der Waals surface area contributed by atoms with Crippen molar-refractivity contribution in [3.8, 4) is 0 Å². The van der Waals surface area contributed by atoms with Gasteiger partial charge in [0.2, 0.25) is 0 Å². The van der Waals surface area contributed by atoms with Crippen LogP contribution >= 0.6 is 11.6 Å². The Hall–Kier alpha value is -3.74. The predicted molar refractivity (Wildman–Crippen MR) is 99.9 cm³/mol. The second-order valence-corrected chi connectivity index (χ2v) is 6.38. The zero-order valence-corrected chi connectivity index (χ0v) is 16.1. The molecule has 0 aliphatic rings. The second-order valence-electron chi connectivity index (χ2n) is 5.97. The van der Waals surface area contributed by atoms with E-state index in [0.29, 0.717) is 12.1 Å². The highest BCUT2D eigenvalue weighted by Crippen LogP contribution is 2.34. The lowest BCUT2D eigenvalue weighted by molar-refractivity contribution is -0.395. The molecule has 1 N–H and O–H groups in total. The number of carbonyl (C=O) groups is 2. The highest BCUT2D eigenvalue weighted by Gasteiger charge is 2.31. The number of esters is 1. The number of alkyl halides is 3. The van der Waals surface area contributed by atoms with E-state index in [-0.39, 0.29) is 16.3 Å². The molecule has 0 radical (unpaired) electrons. The summed E-state index contributed by atoms with van der Waals surface area (Å²) in [5.74, 6) is -2.36. The van der Waals surface area contributed by atoms with Crippen molar-refractivity contribution in [1.29, 1.82) is 0 Å². The van der Waals surface area contributed by atoms with Gasteiger partial charge >= 0.3 is 12.1 Å². The number of hydrogen-bond acceptors (Lipinski definition) is 7. The molecule has 0 unspecified atom stereocenters. The third-order valence-electron chi connectivity index (χ3n) is 3.88. The van der Waals surface area contributed by atoms with Gasteiger partial charge in [-0.1, -0.05) is 11.6 Å². The van der Waals surface area contributed by atoms with Crippen LogP contribution in [0, 0.1) is 27.2 Å². The molecule has 14 heteroatoms. The van der Waals surface area contributed by atoms with Crippen LogP contribution < -0.4 is 5.32 Å². The largest absolute Gasteiger partial charge is 0.452 e. The Bertz CT molecular complexity index is 1050. The molecular formula is C17H11ClF3N3O7. The van der Waals surface area contributed by atoms with E-state index in [1.165, 1.54) is 0 Å². The number of hydrogen-bond donors (Lipinski definition) is 1. The fourth-order valence-electron chi connectivity index (χ4n) is 2.38. The molecular weight excluding hydrogens is 451 g/mol. The van der Waals surface area contributed by atoms with Crippen LogP contribution in [0.4, 0.5) is 30.2 Å². The molecule has 0 atom stereocenters. The highest BCUT2D eigenvalue weighted by atomic mass is 35.5. The number of anilines is 1. The van der Waals surface area contributed by atoms with Gasteiger partial charge in [-0.3, -0.25) is 25.0 Å². The minimum atomic E-state index is -4.69. The maximum absolute atomic E-state index is 12.8. The van der Waals surface area contributed by atoms with Crippen molar-refractivity contribution in [2.75, 3.05) is 11.9 Å². The van der Waals surface area contributed by atoms with Crippen molar-refractivity contribution in [2.45, 2.75) is 13.1 Å². The first-order valence-corrected chi connectivity index (χ1v) is 8.46. The van der Waals surface area contributed by atoms with Gasteiger partial charge in [0, 0.05) is 12.1 Å². The smallest absolute Gasteiger partial charge is 0.416 e. The van der Waals surface area contributed by atoms with Crippen LogP contribution in [-0.2, 0) is 15.7 Å². The molecule has 0 saturated heterocycles. The lowest BCUT2D eigenvalue weighted by Crippen LogP contribution is -2.21. The molecule has 31 heavy (non-hydrogen) atoms. The third-order valence-corrected chi connectivity index (χ3v) is 4.21. The molecule has 0 aliphatic heterocycles. The highest BCUT2D eigenvalue weighted by molar-refractivity contribution is 6.33. The summed E-state index contributed by atoms with van der Waals surface area (Å²) in [7, 11) is 0. The molecule has 164 valence electrons. The van der Waals surface area contributed by atoms with Gasteiger partial charge in [-0.15, -0.1) is 0 Å². The standard InChI is InChI=1S/C17H11ClF3N3O7/c1-8-13(23(27)28)4-9(5-14(8)24(29)30)16(26)31-7-15(25)22-12-6-10(17(19,20)21)2-3-11(12)18/h2-6H,7H2,1H3,(H,22,25). The third kappa shape index (κ3) is 5.66. The van der Waals surface area contributed by atoms with Gasteiger partial charge in [-0.05, 0) is 25.1 Å². The number of rotatable bonds is 6. The summed E-state index contributed by atoms with van der Waals surface area (Å²) in [6.07, 6.45) is -4.69. The van der Waals surface area contributed by atoms with Crippen LogP contribution in [0.2, 0.25) is 5.02 Å². The van der Waals surface area contributed by atoms with Crippen LogP contribution in [-0.4, -0.2) is 28.3 Å². The van der Waals surface area contributed by atoms with Crippen LogP contribution in [0.15, 0.2) is 30.3 Å². The van der Waals surface area contributed by atoms with Crippen LogP contribution in [0.1, 0.15) is 21.5 Å². The van der Waals surface area contributed by atoms with Crippen LogP contribution in [0.25, 0.3) is 0 Å². The quantitative estimate of drug-likeness (QED) is 0.384. The molecule has 0 aromatic heterocycles. The molecule has 0 heterocycles. The fourth-order valence-corrected chi connectivity index (χ4v) is 2.54. The molecule has 0 fully saturated rings. The minimum absolute atomic E-state index is 0.211. The van der Waals surface area contributed by atoms with E-state index in [0.717, 1.165) is 25.1 Å². The average Bonchev–Trinajstić information content (AvgIpc) is 2.66. The number of benzene rings is 2. The van der Waals surface area contributed by atoms with E-state index >= 15 is 0 Å². The number of nitro groups is 2. The van der Waals surface area contributed by atoms with E-state index in [1.54, 1.807) is 0 Å². The second kappa shape index (κ2) is 8.95. The summed E-state index contributed by atoms with van der Waals surface area (Å²) in [6.45, 7) is 0.124. The monoisotopic (exact) mass is 461 g/mol. The Balaban J connectivity index is 2.16. The molecule has 10 nitrogen and oxygen atoms in total. The number of amides is 1. The molecule has 2 aromatic carbocycles. The van der Waals surface area contributed by atoms with Crippen molar-refractivity contribution < 1.29 is 37.3 Å². The number of ether oxygens (including phenoxy) is 1. The van der Waals surface area contributed by atoms with Crippen molar-refractivity contribution in [3.05, 3.63) is 72.3 Å². The fraction of sp³-hybridized carbons (Fsp3) is 0.176. The number of nitro benzene ring substituents is 2. The molecule has 2 aromatic rings. The first-order valence-electron chi connectivity index (χ1n) is 8.08. The van der Waals surface area contributed by atoms with Gasteiger partial charge in [0.15, 0.2) is 6.61 Å². The number of nitrogens with one attached hydrogen (secondary N) is 1. The van der Waals surface area contributed by atoms with E-state index in [4.69, 9.17) is 11.6 Å². The summed E-state index contributed by atoms with van der Waals surface area (Å²) < 4.78 is 42.9. The molecule has 2 rings (SSSR count). The maximum atomic E-state index is 12.8. The minimum Gasteiger partial charge on any atom is -0.452 e. The zero-order chi connectivity index (χ0) is 23.5. The predicted octanol–water partition coefficient (Wildman–Crippen LogP) is 4.28. The first-order chi connectivity index (χ1) is 14.3. The lowest BCUT2D eigenvalue weighted by Gasteiger charge is -2.12. The van der Waals surface area contributed by atoms with Gasteiger partial charge in [0.1, 0.15) is 5.56 Å². The summed E-state index contributed by atoms with van der Waals surface area (Å²) in [5.41, 5.74) is -3.73. The molecule has 0 aliphatic carbocycles. The Morgan fingerprint density at radius 1 is 1.10 bits per heavy atom. The van der Waals surface area contributed by atoms with Gasteiger partial charge in [0.25, 0.3) is 17.3 Å². The number of carbonyl (C=O) groups excluding carboxylic acids is 2. The Kier molecular flexibility index (Phi) is 6.80. The zero-order valence-electron chi connectivity index (χ0n) is 15.4. The SMILES string of the molecule is Cc1c([N+](=O)[O-])cc(C(=O)OCC(=O)Nc2cc(C(F)(F)F)ccc2Cl)cc1[N+](=O)[O-]. The lowest BCUT2D eigenvalue weighted by atomic mass is 10.1. The topological polar surface area (TPSA) is 142 Å². The summed E-state index contributed by atoms with van der Waals surface area (Å²) >= 11 is 5.74. The van der Waals surface area contributed by atoms with Crippen LogP contribution in [0.3, 0.4) is 0 Å². The normalized spacial score (nSPS) is 11.0. The average molecular weight is 462 g/mol. The van der Waals surface area contributed by atoms with Crippen molar-refractivity contribution >= 4 is 40.5 Å². The van der Waals surface area contributed by atoms with Crippen LogP contribution in [0.5, 0.6) is 0 Å². The van der Waals surface area contributed by atoms with E-state index < -0.39 is 57.0 Å². The van der Waals surface area contributed by atoms with E-state index in [9.17, 15) is 43.0 Å². The summed E-state index contributed by atoms with van der Waals surface area (Å²) in [4.78, 5) is 44.2. The molecule has 0 bridgehead atoms. The van der Waals surface area contributed by atoms with Crippen molar-refractivity contribution in [1.82, 2.24) is 0 Å². The van der Waals surface area contributed by atoms with Gasteiger partial charge in [-0.25, -0.2) is 4.79 Å². The number of nitrogens with zero attached hydrogens (tertiary/aromatic N) is 2. The van der Waals surface area contributed by atoms with Gasteiger partial charge < -0.3 is 10.1 Å². The number of halogens is 4. The molecule has 1 amide bonds. The summed E-state index contributed by atoms with van der Waals surface area (Å²) in [5, 5.41) is 23.9. The van der Waals surface area contributed by atoms with Crippen molar-refractivity contribution in [3.63, 3.8) is 0 Å². The Morgan fingerprint density at radius 2 is 1.65 bits per heavy atom. The Morgan fingerprint density at radius 3 is 2.13 bits per heavy atom. The van der Waals surface area contributed by atoms with Crippen molar-refractivity contribution in [2.24, 2.45) is 0 Å². The molecule has 0 saturated carbocycles. The van der Waals surface area contributed by atoms with E-state index in [2.05, 4.69) is 4.74 Å². The maximum Gasteiger partial charge on any atom is 0.416 e.